The van der Waals surface area contributed by atoms with Crippen LogP contribution in [0.4, 0.5) is 0 Å². The van der Waals surface area contributed by atoms with E-state index in [0.29, 0.717) is 35.6 Å². The van der Waals surface area contributed by atoms with Crippen LogP contribution in [0.15, 0.2) is 53.7 Å². The maximum Gasteiger partial charge on any atom is 0.233 e. The Morgan fingerprint density at radius 3 is 2.56 bits per heavy atom. The van der Waals surface area contributed by atoms with Gasteiger partial charge in [0.15, 0.2) is 22.5 Å². The number of ether oxygens (including phenoxy) is 3. The summed E-state index contributed by atoms with van der Waals surface area (Å²) in [4.78, 5) is 14.7. The maximum absolute atomic E-state index is 12.9. The average molecular weight is 453 g/mol. The molecule has 0 spiro atoms. The molecule has 166 valence electrons. The van der Waals surface area contributed by atoms with E-state index in [1.165, 1.54) is 11.8 Å². The lowest BCUT2D eigenvalue weighted by Gasteiger charge is -2.35. The molecule has 1 fully saturated rings. The lowest BCUT2D eigenvalue weighted by Crippen LogP contribution is -2.48. The minimum Gasteiger partial charge on any atom is -0.454 e. The van der Waals surface area contributed by atoms with E-state index in [-0.39, 0.29) is 30.7 Å². The van der Waals surface area contributed by atoms with Crippen molar-refractivity contribution in [2.45, 2.75) is 31.2 Å². The van der Waals surface area contributed by atoms with Crippen LogP contribution < -0.4 is 9.47 Å². The monoisotopic (exact) mass is 452 g/mol. The normalized spacial score (nSPS) is 19.9. The first-order valence-corrected chi connectivity index (χ1v) is 11.5. The molecule has 0 N–H and O–H groups in total. The number of thioether (sulfide) groups is 1. The summed E-state index contributed by atoms with van der Waals surface area (Å²) in [5.74, 6) is 2.44. The topological polar surface area (TPSA) is 78.7 Å². The molecule has 1 saturated heterocycles. The number of benzene rings is 2. The van der Waals surface area contributed by atoms with Crippen molar-refractivity contribution in [2.75, 3.05) is 25.6 Å². The van der Waals surface area contributed by atoms with Crippen molar-refractivity contribution >= 4 is 17.7 Å². The van der Waals surface area contributed by atoms with Gasteiger partial charge in [0.05, 0.1) is 18.0 Å². The van der Waals surface area contributed by atoms with Crippen LogP contribution in [0.25, 0.3) is 17.1 Å². The molecule has 2 aliphatic rings. The van der Waals surface area contributed by atoms with E-state index in [1.807, 2.05) is 71.8 Å². The zero-order valence-corrected chi connectivity index (χ0v) is 18.7. The van der Waals surface area contributed by atoms with Gasteiger partial charge in [-0.15, -0.1) is 10.2 Å². The number of carbonyl (C=O) groups is 1. The standard InChI is InChI=1S/C23H24N4O4S/c1-15-11-26(12-16(2)31-15)21(28)13-32-23-25-24-22(27(23)18-6-4-3-5-7-18)17-8-9-19-20(10-17)30-14-29-19/h3-10,15-16H,11-14H2,1-2H3. The summed E-state index contributed by atoms with van der Waals surface area (Å²) in [6.45, 7) is 5.42. The fourth-order valence-corrected chi connectivity index (χ4v) is 4.85. The second kappa shape index (κ2) is 8.84. The third kappa shape index (κ3) is 4.18. The van der Waals surface area contributed by atoms with E-state index in [1.54, 1.807) is 0 Å². The summed E-state index contributed by atoms with van der Waals surface area (Å²) in [6, 6.07) is 15.6. The van der Waals surface area contributed by atoms with Gasteiger partial charge in [-0.1, -0.05) is 30.0 Å². The van der Waals surface area contributed by atoms with Crippen molar-refractivity contribution in [1.29, 1.82) is 0 Å². The number of amides is 1. The summed E-state index contributed by atoms with van der Waals surface area (Å²) >= 11 is 1.39. The van der Waals surface area contributed by atoms with Gasteiger partial charge in [-0.3, -0.25) is 9.36 Å². The Morgan fingerprint density at radius 2 is 1.78 bits per heavy atom. The van der Waals surface area contributed by atoms with Crippen LogP contribution in [-0.4, -0.2) is 63.4 Å². The molecule has 2 aromatic carbocycles. The van der Waals surface area contributed by atoms with Crippen LogP contribution in [0.5, 0.6) is 11.5 Å². The highest BCUT2D eigenvalue weighted by Crippen LogP contribution is 2.37. The molecule has 3 heterocycles. The van der Waals surface area contributed by atoms with Crippen LogP contribution in [0.3, 0.4) is 0 Å². The molecule has 2 unspecified atom stereocenters. The average Bonchev–Trinajstić information content (AvgIpc) is 3.43. The van der Waals surface area contributed by atoms with Crippen LogP contribution in [-0.2, 0) is 9.53 Å². The molecule has 8 nitrogen and oxygen atoms in total. The first-order valence-electron chi connectivity index (χ1n) is 10.6. The van der Waals surface area contributed by atoms with Crippen molar-refractivity contribution in [2.24, 2.45) is 0 Å². The Morgan fingerprint density at radius 1 is 1.03 bits per heavy atom. The summed E-state index contributed by atoms with van der Waals surface area (Å²) in [6.07, 6.45) is 0.0802. The van der Waals surface area contributed by atoms with E-state index in [4.69, 9.17) is 14.2 Å². The Labute approximate surface area is 190 Å². The highest BCUT2D eigenvalue weighted by atomic mass is 32.2. The molecule has 0 bridgehead atoms. The Balaban J connectivity index is 1.42. The molecule has 0 aliphatic carbocycles. The highest BCUT2D eigenvalue weighted by molar-refractivity contribution is 7.99. The third-order valence-corrected chi connectivity index (χ3v) is 6.29. The fourth-order valence-electron chi connectivity index (χ4n) is 3.99. The van der Waals surface area contributed by atoms with E-state index in [0.717, 1.165) is 11.3 Å². The Bertz CT molecular complexity index is 1110. The van der Waals surface area contributed by atoms with Crippen LogP contribution >= 0.6 is 11.8 Å². The summed E-state index contributed by atoms with van der Waals surface area (Å²) < 4.78 is 18.7. The van der Waals surface area contributed by atoms with Crippen molar-refractivity contribution in [3.05, 3.63) is 48.5 Å². The molecule has 0 saturated carbocycles. The minimum absolute atomic E-state index is 0.0401. The molecular formula is C23H24N4O4S. The van der Waals surface area contributed by atoms with Gasteiger partial charge in [-0.2, -0.15) is 0 Å². The lowest BCUT2D eigenvalue weighted by atomic mass is 10.2. The number of rotatable bonds is 5. The molecule has 2 aliphatic heterocycles. The van der Waals surface area contributed by atoms with Gasteiger partial charge < -0.3 is 19.1 Å². The number of hydrogen-bond acceptors (Lipinski definition) is 7. The second-order valence-corrected chi connectivity index (χ2v) is 8.83. The molecule has 2 atom stereocenters. The minimum atomic E-state index is 0.0401. The molecule has 0 radical (unpaired) electrons. The largest absolute Gasteiger partial charge is 0.454 e. The zero-order valence-electron chi connectivity index (χ0n) is 17.9. The molecule has 9 heteroatoms. The Kier molecular flexibility index (Phi) is 5.75. The molecule has 1 aromatic heterocycles. The summed E-state index contributed by atoms with van der Waals surface area (Å²) in [5.41, 5.74) is 1.79. The van der Waals surface area contributed by atoms with Crippen molar-refractivity contribution in [1.82, 2.24) is 19.7 Å². The van der Waals surface area contributed by atoms with Gasteiger partial charge in [0.25, 0.3) is 0 Å². The first kappa shape index (κ1) is 20.8. The van der Waals surface area contributed by atoms with Crippen molar-refractivity contribution < 1.29 is 19.0 Å². The number of morpholine rings is 1. The van der Waals surface area contributed by atoms with Gasteiger partial charge >= 0.3 is 0 Å². The number of aromatic nitrogens is 3. The van der Waals surface area contributed by atoms with Gasteiger partial charge in [0.2, 0.25) is 12.7 Å². The molecular weight excluding hydrogens is 428 g/mol. The fraction of sp³-hybridized carbons (Fsp3) is 0.348. The van der Waals surface area contributed by atoms with Gasteiger partial charge in [0.1, 0.15) is 0 Å². The van der Waals surface area contributed by atoms with Crippen molar-refractivity contribution in [3.8, 4) is 28.6 Å². The van der Waals surface area contributed by atoms with Crippen molar-refractivity contribution in [3.63, 3.8) is 0 Å². The highest BCUT2D eigenvalue weighted by Gasteiger charge is 2.27. The summed E-state index contributed by atoms with van der Waals surface area (Å²) in [7, 11) is 0. The van der Waals surface area contributed by atoms with Gasteiger partial charge in [0, 0.05) is 24.3 Å². The maximum atomic E-state index is 12.9. The zero-order chi connectivity index (χ0) is 22.1. The van der Waals surface area contributed by atoms with Crippen LogP contribution in [0, 0.1) is 0 Å². The number of carbonyl (C=O) groups excluding carboxylic acids is 1. The van der Waals surface area contributed by atoms with E-state index in [9.17, 15) is 4.79 Å². The number of fused-ring (bicyclic) bond motifs is 1. The Hall–Kier alpha value is -3.04. The van der Waals surface area contributed by atoms with Crippen LogP contribution in [0.1, 0.15) is 13.8 Å². The smallest absolute Gasteiger partial charge is 0.233 e. The second-order valence-electron chi connectivity index (χ2n) is 7.89. The number of hydrogen-bond donors (Lipinski definition) is 0. The molecule has 3 aromatic rings. The van der Waals surface area contributed by atoms with E-state index >= 15 is 0 Å². The predicted molar refractivity (Wildman–Crippen MR) is 120 cm³/mol. The first-order chi connectivity index (χ1) is 15.6. The molecule has 5 rings (SSSR count). The third-order valence-electron chi connectivity index (χ3n) is 5.38. The number of nitrogens with zero attached hydrogens (tertiary/aromatic N) is 4. The van der Waals surface area contributed by atoms with Crippen LogP contribution in [0.2, 0.25) is 0 Å². The van der Waals surface area contributed by atoms with E-state index < -0.39 is 0 Å². The SMILES string of the molecule is CC1CN(C(=O)CSc2nnc(-c3ccc4c(c3)OCO4)n2-c2ccccc2)CC(C)O1. The quantitative estimate of drug-likeness (QED) is 0.549. The lowest BCUT2D eigenvalue weighted by molar-refractivity contribution is -0.140. The predicted octanol–water partition coefficient (Wildman–Crippen LogP) is 3.39. The van der Waals surface area contributed by atoms with E-state index in [2.05, 4.69) is 10.2 Å². The van der Waals surface area contributed by atoms with Gasteiger partial charge in [-0.25, -0.2) is 0 Å². The molecule has 32 heavy (non-hydrogen) atoms. The molecule has 1 amide bonds. The number of para-hydroxylation sites is 1. The summed E-state index contributed by atoms with van der Waals surface area (Å²) in [5, 5.41) is 9.53. The van der Waals surface area contributed by atoms with Gasteiger partial charge in [-0.05, 0) is 44.2 Å².